The Hall–Kier alpha value is -0.530. The second-order valence-corrected chi connectivity index (χ2v) is 9.77. The van der Waals surface area contributed by atoms with Crippen LogP contribution >= 0.6 is 0 Å². The highest BCUT2D eigenvalue weighted by molar-refractivity contribution is 5.65. The van der Waals surface area contributed by atoms with Crippen LogP contribution in [0.25, 0.3) is 0 Å². The van der Waals surface area contributed by atoms with Crippen molar-refractivity contribution < 1.29 is 9.53 Å². The maximum Gasteiger partial charge on any atom is 0.302 e. The van der Waals surface area contributed by atoms with Crippen LogP contribution in [0.5, 0.6) is 0 Å². The summed E-state index contributed by atoms with van der Waals surface area (Å²) in [7, 11) is 0. The van der Waals surface area contributed by atoms with E-state index < -0.39 is 0 Å². The van der Waals surface area contributed by atoms with E-state index in [-0.39, 0.29) is 5.97 Å². The summed E-state index contributed by atoms with van der Waals surface area (Å²) in [6, 6.07) is 0. The van der Waals surface area contributed by atoms with E-state index in [0.29, 0.717) is 23.4 Å². The number of fused-ring (bicyclic) bond motifs is 3. The SMILES string of the molecule is CC(=O)OCC(C)C1CCC2C1CCC1C(C)(C)CCCC21C. The Labute approximate surface area is 142 Å². The number of hydrogen-bond donors (Lipinski definition) is 0. The molecule has 0 amide bonds. The van der Waals surface area contributed by atoms with Gasteiger partial charge in [0.1, 0.15) is 0 Å². The number of carbonyl (C=O) groups excluding carboxylic acids is 1. The molecule has 3 aliphatic carbocycles. The summed E-state index contributed by atoms with van der Waals surface area (Å²) in [5, 5.41) is 0. The smallest absolute Gasteiger partial charge is 0.302 e. The third-order valence-corrected chi connectivity index (χ3v) is 8.07. The standard InChI is InChI=1S/C21H36O2/c1-14(13-23-15(2)22)16-7-9-18-17(16)8-10-19-20(3,4)11-6-12-21(18,19)5/h14,16-19H,6-13H2,1-5H3. The summed E-state index contributed by atoms with van der Waals surface area (Å²) >= 11 is 0. The summed E-state index contributed by atoms with van der Waals surface area (Å²) in [6.07, 6.45) is 9.84. The minimum Gasteiger partial charge on any atom is -0.466 e. The van der Waals surface area contributed by atoms with Crippen molar-refractivity contribution in [2.75, 3.05) is 6.61 Å². The number of hydrogen-bond acceptors (Lipinski definition) is 2. The third-order valence-electron chi connectivity index (χ3n) is 8.07. The average molecular weight is 321 g/mol. The molecule has 0 aromatic carbocycles. The lowest BCUT2D eigenvalue weighted by Gasteiger charge is -2.59. The van der Waals surface area contributed by atoms with Gasteiger partial charge < -0.3 is 4.74 Å². The van der Waals surface area contributed by atoms with Crippen LogP contribution in [0.15, 0.2) is 0 Å². The van der Waals surface area contributed by atoms with E-state index in [2.05, 4.69) is 27.7 Å². The van der Waals surface area contributed by atoms with Gasteiger partial charge >= 0.3 is 5.97 Å². The van der Waals surface area contributed by atoms with Gasteiger partial charge in [0, 0.05) is 6.92 Å². The van der Waals surface area contributed by atoms with Crippen molar-refractivity contribution in [3.8, 4) is 0 Å². The van der Waals surface area contributed by atoms with Gasteiger partial charge in [0.15, 0.2) is 0 Å². The van der Waals surface area contributed by atoms with Crippen LogP contribution in [-0.4, -0.2) is 12.6 Å². The molecule has 0 bridgehead atoms. The van der Waals surface area contributed by atoms with Gasteiger partial charge in [-0.15, -0.1) is 0 Å². The van der Waals surface area contributed by atoms with Gasteiger partial charge in [-0.3, -0.25) is 4.79 Å². The molecule has 0 N–H and O–H groups in total. The molecule has 3 rings (SSSR count). The minimum atomic E-state index is -0.129. The molecule has 3 aliphatic rings. The van der Waals surface area contributed by atoms with Gasteiger partial charge in [0.05, 0.1) is 6.61 Å². The monoisotopic (exact) mass is 320 g/mol. The Morgan fingerprint density at radius 3 is 2.57 bits per heavy atom. The van der Waals surface area contributed by atoms with E-state index in [1.165, 1.54) is 51.9 Å². The Morgan fingerprint density at radius 1 is 1.13 bits per heavy atom. The van der Waals surface area contributed by atoms with E-state index in [1.807, 2.05) is 0 Å². The summed E-state index contributed by atoms with van der Waals surface area (Å²) in [4.78, 5) is 11.1. The highest BCUT2D eigenvalue weighted by Gasteiger charge is 2.57. The lowest BCUT2D eigenvalue weighted by molar-refractivity contribution is -0.143. The van der Waals surface area contributed by atoms with Gasteiger partial charge in [0.2, 0.25) is 0 Å². The molecular formula is C21H36O2. The van der Waals surface area contributed by atoms with Crippen LogP contribution in [0.4, 0.5) is 0 Å². The molecule has 23 heavy (non-hydrogen) atoms. The van der Waals surface area contributed by atoms with Crippen molar-refractivity contribution in [1.29, 1.82) is 0 Å². The van der Waals surface area contributed by atoms with E-state index in [4.69, 9.17) is 4.74 Å². The summed E-state index contributed by atoms with van der Waals surface area (Å²) in [5.74, 6) is 3.85. The molecular weight excluding hydrogens is 284 g/mol. The normalized spacial score (nSPS) is 43.3. The molecule has 132 valence electrons. The van der Waals surface area contributed by atoms with Crippen LogP contribution in [0.2, 0.25) is 0 Å². The molecule has 0 radical (unpaired) electrons. The maximum absolute atomic E-state index is 11.1. The predicted molar refractivity (Wildman–Crippen MR) is 94.0 cm³/mol. The Kier molecular flexibility index (Phi) is 4.57. The zero-order valence-corrected chi connectivity index (χ0v) is 15.9. The van der Waals surface area contributed by atoms with Gasteiger partial charge in [0.25, 0.3) is 0 Å². The molecule has 0 saturated heterocycles. The molecule has 0 aromatic rings. The molecule has 0 heterocycles. The largest absolute Gasteiger partial charge is 0.466 e. The van der Waals surface area contributed by atoms with E-state index >= 15 is 0 Å². The number of carbonyl (C=O) groups is 1. The number of esters is 1. The molecule has 0 aromatic heterocycles. The van der Waals surface area contributed by atoms with Crippen molar-refractivity contribution in [3.05, 3.63) is 0 Å². The fraction of sp³-hybridized carbons (Fsp3) is 0.952. The first-order chi connectivity index (χ1) is 10.8. The number of rotatable bonds is 3. The van der Waals surface area contributed by atoms with Crippen LogP contribution in [0, 0.1) is 40.4 Å². The molecule has 6 unspecified atom stereocenters. The fourth-order valence-corrected chi connectivity index (χ4v) is 7.10. The molecule has 0 spiro atoms. The highest BCUT2D eigenvalue weighted by Crippen LogP contribution is 2.65. The maximum atomic E-state index is 11.1. The lowest BCUT2D eigenvalue weighted by Crippen LogP contribution is -2.51. The van der Waals surface area contributed by atoms with E-state index in [0.717, 1.165) is 23.7 Å². The minimum absolute atomic E-state index is 0.129. The van der Waals surface area contributed by atoms with Crippen molar-refractivity contribution in [3.63, 3.8) is 0 Å². The summed E-state index contributed by atoms with van der Waals surface area (Å²) < 4.78 is 5.32. The van der Waals surface area contributed by atoms with Crippen LogP contribution in [0.3, 0.4) is 0 Å². The molecule has 2 nitrogen and oxygen atoms in total. The van der Waals surface area contributed by atoms with Crippen LogP contribution < -0.4 is 0 Å². The number of ether oxygens (including phenoxy) is 1. The lowest BCUT2D eigenvalue weighted by atomic mass is 9.46. The van der Waals surface area contributed by atoms with Crippen molar-refractivity contribution >= 4 is 5.97 Å². The molecule has 3 saturated carbocycles. The van der Waals surface area contributed by atoms with Crippen LogP contribution in [0.1, 0.15) is 79.6 Å². The van der Waals surface area contributed by atoms with E-state index in [9.17, 15) is 4.79 Å². The van der Waals surface area contributed by atoms with Crippen LogP contribution in [-0.2, 0) is 9.53 Å². The molecule has 2 heteroatoms. The second kappa shape index (κ2) is 6.08. The van der Waals surface area contributed by atoms with Gasteiger partial charge in [-0.1, -0.05) is 34.1 Å². The fourth-order valence-electron chi connectivity index (χ4n) is 7.10. The summed E-state index contributed by atoms with van der Waals surface area (Å²) in [6.45, 7) is 12.1. The Morgan fingerprint density at radius 2 is 1.87 bits per heavy atom. The quantitative estimate of drug-likeness (QED) is 0.646. The highest BCUT2D eigenvalue weighted by atomic mass is 16.5. The predicted octanol–water partition coefficient (Wildman–Crippen LogP) is 5.45. The molecule has 6 atom stereocenters. The van der Waals surface area contributed by atoms with Crippen molar-refractivity contribution in [2.24, 2.45) is 40.4 Å². The average Bonchev–Trinajstić information content (AvgIpc) is 2.89. The van der Waals surface area contributed by atoms with Gasteiger partial charge in [-0.2, -0.15) is 0 Å². The van der Waals surface area contributed by atoms with E-state index in [1.54, 1.807) is 0 Å². The first kappa shape index (κ1) is 17.3. The zero-order valence-electron chi connectivity index (χ0n) is 15.9. The molecule has 3 fully saturated rings. The van der Waals surface area contributed by atoms with Crippen molar-refractivity contribution in [1.82, 2.24) is 0 Å². The first-order valence-corrected chi connectivity index (χ1v) is 9.89. The van der Waals surface area contributed by atoms with Gasteiger partial charge in [-0.25, -0.2) is 0 Å². The Balaban J connectivity index is 1.74. The van der Waals surface area contributed by atoms with Crippen molar-refractivity contribution in [2.45, 2.75) is 79.6 Å². The topological polar surface area (TPSA) is 26.3 Å². The second-order valence-electron chi connectivity index (χ2n) is 9.77. The molecule has 0 aliphatic heterocycles. The first-order valence-electron chi connectivity index (χ1n) is 9.89. The zero-order chi connectivity index (χ0) is 16.8. The third kappa shape index (κ3) is 2.96. The van der Waals surface area contributed by atoms with Gasteiger partial charge in [-0.05, 0) is 78.9 Å². The Bertz CT molecular complexity index is 455. The summed E-state index contributed by atoms with van der Waals surface area (Å²) in [5.41, 5.74) is 1.08.